The molecule has 2 aliphatic rings. The number of amides is 1. The van der Waals surface area contributed by atoms with Gasteiger partial charge >= 0.3 is 6.09 Å². The van der Waals surface area contributed by atoms with Gasteiger partial charge in [-0.2, -0.15) is 0 Å². The number of carbonyl (C=O) groups excluding carboxylic acids is 1. The third kappa shape index (κ3) is 2.49. The van der Waals surface area contributed by atoms with Crippen molar-refractivity contribution in [2.45, 2.75) is 30.2 Å². The maximum absolute atomic E-state index is 12.1. The second-order valence-corrected chi connectivity index (χ2v) is 5.63. The third-order valence-corrected chi connectivity index (χ3v) is 4.10. The van der Waals surface area contributed by atoms with E-state index in [1.165, 1.54) is 4.90 Å². The van der Waals surface area contributed by atoms with E-state index in [0.29, 0.717) is 6.54 Å². The molecule has 0 aliphatic carbocycles. The van der Waals surface area contributed by atoms with E-state index in [4.69, 9.17) is 21.1 Å². The lowest BCUT2D eigenvalue weighted by Crippen LogP contribution is -2.44. The Morgan fingerprint density at radius 2 is 2.20 bits per heavy atom. The van der Waals surface area contributed by atoms with Crippen LogP contribution in [0.5, 0.6) is 0 Å². The van der Waals surface area contributed by atoms with E-state index in [1.54, 1.807) is 0 Å². The summed E-state index contributed by atoms with van der Waals surface area (Å²) in [7, 11) is 0. The Hall–Kier alpha value is -1.30. The fourth-order valence-corrected chi connectivity index (χ4v) is 3.11. The molecule has 0 radical (unpaired) electrons. The zero-order valence-corrected chi connectivity index (χ0v) is 11.6. The molecule has 0 bridgehead atoms. The SMILES string of the molecule is O=C(OCc1ccccc1)N1C[C@H](Cl)[C@H]2OC[C@H](O)[C@H]21. The van der Waals surface area contributed by atoms with Crippen LogP contribution in [-0.2, 0) is 16.1 Å². The summed E-state index contributed by atoms with van der Waals surface area (Å²) in [6, 6.07) is 9.05. The number of hydrogen-bond acceptors (Lipinski definition) is 4. The van der Waals surface area contributed by atoms with E-state index in [1.807, 2.05) is 30.3 Å². The Morgan fingerprint density at radius 3 is 2.95 bits per heavy atom. The first-order valence-electron chi connectivity index (χ1n) is 6.58. The molecule has 6 heteroatoms. The molecule has 5 nitrogen and oxygen atoms in total. The topological polar surface area (TPSA) is 59.0 Å². The monoisotopic (exact) mass is 297 g/mol. The van der Waals surface area contributed by atoms with Crippen LogP contribution in [0.4, 0.5) is 4.79 Å². The number of nitrogens with zero attached hydrogens (tertiary/aromatic N) is 1. The van der Waals surface area contributed by atoms with Crippen LogP contribution in [0, 0.1) is 0 Å². The van der Waals surface area contributed by atoms with Crippen LogP contribution < -0.4 is 0 Å². The summed E-state index contributed by atoms with van der Waals surface area (Å²) in [5.74, 6) is 0. The van der Waals surface area contributed by atoms with Crippen molar-refractivity contribution in [3.63, 3.8) is 0 Å². The van der Waals surface area contributed by atoms with Gasteiger partial charge in [-0.05, 0) is 5.56 Å². The molecule has 0 spiro atoms. The smallest absolute Gasteiger partial charge is 0.410 e. The molecule has 1 N–H and O–H groups in total. The number of ether oxygens (including phenoxy) is 2. The van der Waals surface area contributed by atoms with E-state index >= 15 is 0 Å². The zero-order chi connectivity index (χ0) is 14.1. The van der Waals surface area contributed by atoms with Crippen molar-refractivity contribution >= 4 is 17.7 Å². The van der Waals surface area contributed by atoms with Crippen LogP contribution >= 0.6 is 11.6 Å². The first-order valence-corrected chi connectivity index (χ1v) is 7.01. The number of likely N-dealkylation sites (tertiary alicyclic amines) is 1. The van der Waals surface area contributed by atoms with Gasteiger partial charge in [-0.15, -0.1) is 11.6 Å². The summed E-state index contributed by atoms with van der Waals surface area (Å²) in [4.78, 5) is 13.6. The molecule has 3 rings (SSSR count). The minimum atomic E-state index is -0.701. The number of benzene rings is 1. The fourth-order valence-electron chi connectivity index (χ4n) is 2.74. The summed E-state index contributed by atoms with van der Waals surface area (Å²) in [6.07, 6.45) is -1.47. The molecule has 1 amide bonds. The van der Waals surface area contributed by atoms with Crippen LogP contribution in [0.1, 0.15) is 5.56 Å². The second kappa shape index (κ2) is 5.60. The van der Waals surface area contributed by atoms with Gasteiger partial charge in [0.1, 0.15) is 12.7 Å². The number of halogens is 1. The summed E-state index contributed by atoms with van der Waals surface area (Å²) < 4.78 is 10.7. The lowest BCUT2D eigenvalue weighted by Gasteiger charge is -2.24. The Kier molecular flexibility index (Phi) is 3.83. The predicted octanol–water partition coefficient (Wildman–Crippen LogP) is 1.37. The molecular weight excluding hydrogens is 282 g/mol. The maximum atomic E-state index is 12.1. The normalized spacial score (nSPS) is 32.2. The number of fused-ring (bicyclic) bond motifs is 1. The van der Waals surface area contributed by atoms with Gasteiger partial charge in [-0.3, -0.25) is 4.90 Å². The van der Waals surface area contributed by atoms with Crippen molar-refractivity contribution in [2.24, 2.45) is 0 Å². The summed E-state index contributed by atoms with van der Waals surface area (Å²) in [5.41, 5.74) is 0.919. The fraction of sp³-hybridized carbons (Fsp3) is 0.500. The highest BCUT2D eigenvalue weighted by molar-refractivity contribution is 6.21. The van der Waals surface area contributed by atoms with Crippen molar-refractivity contribution < 1.29 is 19.4 Å². The third-order valence-electron chi connectivity index (χ3n) is 3.72. The number of hydrogen-bond donors (Lipinski definition) is 1. The Labute approximate surface area is 122 Å². The zero-order valence-electron chi connectivity index (χ0n) is 10.8. The molecular formula is C14H16ClNO4. The highest BCUT2D eigenvalue weighted by atomic mass is 35.5. The molecule has 20 heavy (non-hydrogen) atoms. The lowest BCUT2D eigenvalue weighted by atomic mass is 10.1. The summed E-state index contributed by atoms with van der Waals surface area (Å²) in [6.45, 7) is 0.750. The van der Waals surface area contributed by atoms with E-state index in [0.717, 1.165) is 5.56 Å². The average Bonchev–Trinajstić information content (AvgIpc) is 3.00. The van der Waals surface area contributed by atoms with Crippen molar-refractivity contribution in [2.75, 3.05) is 13.2 Å². The number of aliphatic hydroxyl groups excluding tert-OH is 1. The largest absolute Gasteiger partial charge is 0.445 e. The van der Waals surface area contributed by atoms with Crippen LogP contribution in [-0.4, -0.2) is 52.9 Å². The molecule has 2 aliphatic heterocycles. The Balaban J connectivity index is 1.62. The first-order chi connectivity index (χ1) is 9.66. The molecule has 0 saturated carbocycles. The van der Waals surface area contributed by atoms with E-state index < -0.39 is 18.2 Å². The second-order valence-electron chi connectivity index (χ2n) is 5.06. The predicted molar refractivity (Wildman–Crippen MR) is 72.5 cm³/mol. The molecule has 108 valence electrons. The minimum Gasteiger partial charge on any atom is -0.445 e. The van der Waals surface area contributed by atoms with Gasteiger partial charge in [0.2, 0.25) is 0 Å². The van der Waals surface area contributed by atoms with Gasteiger partial charge in [0, 0.05) is 6.54 Å². The molecule has 2 saturated heterocycles. The van der Waals surface area contributed by atoms with E-state index in [9.17, 15) is 9.90 Å². The van der Waals surface area contributed by atoms with Crippen molar-refractivity contribution in [3.8, 4) is 0 Å². The first kappa shape index (κ1) is 13.7. The number of carbonyl (C=O) groups is 1. The lowest BCUT2D eigenvalue weighted by molar-refractivity contribution is 0.0603. The minimum absolute atomic E-state index is 0.206. The summed E-state index contributed by atoms with van der Waals surface area (Å²) >= 11 is 6.15. The Morgan fingerprint density at radius 1 is 1.45 bits per heavy atom. The number of aliphatic hydroxyl groups is 1. The van der Waals surface area contributed by atoms with Crippen LogP contribution in [0.25, 0.3) is 0 Å². The maximum Gasteiger partial charge on any atom is 0.410 e. The van der Waals surface area contributed by atoms with E-state index in [-0.39, 0.29) is 24.7 Å². The van der Waals surface area contributed by atoms with Gasteiger partial charge < -0.3 is 14.6 Å². The van der Waals surface area contributed by atoms with Gasteiger partial charge in [-0.25, -0.2) is 4.79 Å². The molecule has 4 atom stereocenters. The van der Waals surface area contributed by atoms with E-state index in [2.05, 4.69) is 0 Å². The Bertz CT molecular complexity index is 483. The highest BCUT2D eigenvalue weighted by Crippen LogP contribution is 2.33. The standard InChI is InChI=1S/C14H16ClNO4/c15-10-6-16(12-11(17)8-19-13(10)12)14(18)20-7-9-4-2-1-3-5-9/h1-5,10-13,17H,6-8H2/t10-,11-,12+,13+/m0/s1. The number of rotatable bonds is 2. The molecule has 0 unspecified atom stereocenters. The van der Waals surface area contributed by atoms with Gasteiger partial charge in [0.25, 0.3) is 0 Å². The highest BCUT2D eigenvalue weighted by Gasteiger charge is 2.52. The van der Waals surface area contributed by atoms with Gasteiger partial charge in [0.05, 0.1) is 24.1 Å². The van der Waals surface area contributed by atoms with Crippen LogP contribution in [0.3, 0.4) is 0 Å². The molecule has 1 aromatic carbocycles. The molecule has 2 heterocycles. The summed E-state index contributed by atoms with van der Waals surface area (Å²) in [5, 5.41) is 9.58. The molecule has 1 aromatic rings. The number of alkyl halides is 1. The van der Waals surface area contributed by atoms with Crippen LogP contribution in [0.15, 0.2) is 30.3 Å². The van der Waals surface area contributed by atoms with Gasteiger partial charge in [0.15, 0.2) is 0 Å². The quantitative estimate of drug-likeness (QED) is 0.838. The van der Waals surface area contributed by atoms with Crippen LogP contribution in [0.2, 0.25) is 0 Å². The van der Waals surface area contributed by atoms with Gasteiger partial charge in [-0.1, -0.05) is 30.3 Å². The average molecular weight is 298 g/mol. The molecule has 2 fully saturated rings. The molecule has 0 aromatic heterocycles. The van der Waals surface area contributed by atoms with Crippen molar-refractivity contribution in [1.82, 2.24) is 4.90 Å². The van der Waals surface area contributed by atoms with Crippen molar-refractivity contribution in [3.05, 3.63) is 35.9 Å². The van der Waals surface area contributed by atoms with Crippen molar-refractivity contribution in [1.29, 1.82) is 0 Å².